The minimum atomic E-state index is 1.14. The predicted molar refractivity (Wildman–Crippen MR) is 44.8 cm³/mol. The van der Waals surface area contributed by atoms with Gasteiger partial charge in [-0.3, -0.25) is 4.72 Å². The fourth-order valence-corrected chi connectivity index (χ4v) is 1.12. The summed E-state index contributed by atoms with van der Waals surface area (Å²) in [5.74, 6) is 0. The highest BCUT2D eigenvalue weighted by Crippen LogP contribution is 2.03. The zero-order valence-corrected chi connectivity index (χ0v) is 7.29. The molecular formula is C5H14NPS. The highest BCUT2D eigenvalue weighted by molar-refractivity contribution is 8.42. The monoisotopic (exact) mass is 151 g/mol. The van der Waals surface area contributed by atoms with Gasteiger partial charge in [-0.15, -0.1) is 0 Å². The smallest absolute Gasteiger partial charge is 0.00614 e. The molecule has 0 aliphatic heterocycles. The summed E-state index contributed by atoms with van der Waals surface area (Å²) in [6.45, 7) is 3.36. The van der Waals surface area contributed by atoms with E-state index < -0.39 is 0 Å². The van der Waals surface area contributed by atoms with E-state index in [4.69, 9.17) is 0 Å². The Morgan fingerprint density at radius 1 is 1.50 bits per heavy atom. The van der Waals surface area contributed by atoms with E-state index in [1.54, 1.807) is 11.6 Å². The quantitative estimate of drug-likeness (QED) is 0.367. The SMILES string of the molecule is CCCCCNSP. The van der Waals surface area contributed by atoms with Crippen LogP contribution in [0.15, 0.2) is 0 Å². The van der Waals surface area contributed by atoms with Gasteiger partial charge in [-0.1, -0.05) is 39.8 Å². The summed E-state index contributed by atoms with van der Waals surface area (Å²) >= 11 is 1.62. The van der Waals surface area contributed by atoms with E-state index >= 15 is 0 Å². The normalized spacial score (nSPS) is 9.75. The van der Waals surface area contributed by atoms with Crippen LogP contribution in [0.4, 0.5) is 0 Å². The van der Waals surface area contributed by atoms with Crippen LogP contribution >= 0.6 is 20.0 Å². The van der Waals surface area contributed by atoms with Crippen LogP contribution in [0.2, 0.25) is 0 Å². The molecule has 1 atom stereocenters. The lowest BCUT2D eigenvalue weighted by atomic mass is 10.3. The van der Waals surface area contributed by atoms with Gasteiger partial charge < -0.3 is 0 Å². The second-order valence-corrected chi connectivity index (χ2v) is 2.95. The predicted octanol–water partition coefficient (Wildman–Crippen LogP) is 2.20. The lowest BCUT2D eigenvalue weighted by Crippen LogP contribution is -2.01. The van der Waals surface area contributed by atoms with Crippen LogP contribution in [0.25, 0.3) is 0 Å². The average molecular weight is 151 g/mol. The van der Waals surface area contributed by atoms with E-state index in [0.29, 0.717) is 0 Å². The first kappa shape index (κ1) is 8.74. The van der Waals surface area contributed by atoms with Crippen LogP contribution in [0.3, 0.4) is 0 Å². The Hall–Kier alpha value is 0.740. The van der Waals surface area contributed by atoms with E-state index in [2.05, 4.69) is 20.1 Å². The Balaban J connectivity index is 2.53. The first-order chi connectivity index (χ1) is 3.91. The fraction of sp³-hybridized carbons (Fsp3) is 1.00. The van der Waals surface area contributed by atoms with Gasteiger partial charge in [-0.05, 0) is 6.42 Å². The van der Waals surface area contributed by atoms with Crippen LogP contribution < -0.4 is 4.72 Å². The zero-order valence-electron chi connectivity index (χ0n) is 5.31. The van der Waals surface area contributed by atoms with Crippen LogP contribution in [0.1, 0.15) is 26.2 Å². The molecule has 8 heavy (non-hydrogen) atoms. The number of hydrogen-bond acceptors (Lipinski definition) is 2. The molecule has 0 aliphatic rings. The summed E-state index contributed by atoms with van der Waals surface area (Å²) in [5, 5.41) is 0. The van der Waals surface area contributed by atoms with Crippen molar-refractivity contribution in [3.63, 3.8) is 0 Å². The molecular weight excluding hydrogens is 137 g/mol. The summed E-state index contributed by atoms with van der Waals surface area (Å²) in [5.41, 5.74) is 0. The molecule has 1 N–H and O–H groups in total. The van der Waals surface area contributed by atoms with E-state index in [0.717, 1.165) is 6.54 Å². The topological polar surface area (TPSA) is 12.0 Å². The molecule has 0 fully saturated rings. The Kier molecular flexibility index (Phi) is 8.46. The molecule has 0 aromatic heterocycles. The van der Waals surface area contributed by atoms with Gasteiger partial charge in [0, 0.05) is 6.54 Å². The number of nitrogens with one attached hydrogen (secondary N) is 1. The molecule has 0 rings (SSSR count). The van der Waals surface area contributed by atoms with E-state index in [9.17, 15) is 0 Å². The van der Waals surface area contributed by atoms with Gasteiger partial charge in [-0.25, -0.2) is 0 Å². The summed E-state index contributed by atoms with van der Waals surface area (Å²) in [7, 11) is 2.57. The Bertz CT molecular complexity index is 37.4. The van der Waals surface area contributed by atoms with Crippen molar-refractivity contribution in [3.8, 4) is 0 Å². The third-order valence-corrected chi connectivity index (χ3v) is 1.84. The van der Waals surface area contributed by atoms with Gasteiger partial charge in [0.15, 0.2) is 0 Å². The van der Waals surface area contributed by atoms with Gasteiger partial charge in [-0.2, -0.15) is 0 Å². The van der Waals surface area contributed by atoms with Crippen LogP contribution in [0, 0.1) is 0 Å². The van der Waals surface area contributed by atoms with Crippen molar-refractivity contribution in [1.82, 2.24) is 4.72 Å². The maximum absolute atomic E-state index is 3.16. The van der Waals surface area contributed by atoms with E-state index in [1.807, 2.05) is 0 Å². The molecule has 1 nitrogen and oxygen atoms in total. The molecule has 0 amide bonds. The molecule has 0 aromatic carbocycles. The van der Waals surface area contributed by atoms with Crippen molar-refractivity contribution in [2.45, 2.75) is 26.2 Å². The summed E-state index contributed by atoms with van der Waals surface area (Å²) in [6.07, 6.45) is 3.96. The molecule has 0 heterocycles. The number of unbranched alkanes of at least 4 members (excludes halogenated alkanes) is 2. The number of rotatable bonds is 5. The second kappa shape index (κ2) is 7.74. The molecule has 0 spiro atoms. The number of hydrogen-bond donors (Lipinski definition) is 1. The van der Waals surface area contributed by atoms with Gasteiger partial charge in [0.2, 0.25) is 0 Å². The van der Waals surface area contributed by atoms with Gasteiger partial charge in [0.25, 0.3) is 0 Å². The molecule has 1 unspecified atom stereocenters. The molecule has 0 saturated carbocycles. The molecule has 3 heteroatoms. The van der Waals surface area contributed by atoms with Crippen molar-refractivity contribution in [2.24, 2.45) is 0 Å². The minimum absolute atomic E-state index is 1.14. The zero-order chi connectivity index (χ0) is 6.24. The first-order valence-corrected chi connectivity index (χ1v) is 5.29. The van der Waals surface area contributed by atoms with E-state index in [-0.39, 0.29) is 0 Å². The van der Waals surface area contributed by atoms with Gasteiger partial charge in [0.1, 0.15) is 0 Å². The van der Waals surface area contributed by atoms with Crippen molar-refractivity contribution in [1.29, 1.82) is 0 Å². The average Bonchev–Trinajstić information content (AvgIpc) is 1.81. The maximum Gasteiger partial charge on any atom is 0.00614 e. The van der Waals surface area contributed by atoms with Crippen molar-refractivity contribution in [2.75, 3.05) is 6.54 Å². The lowest BCUT2D eigenvalue weighted by molar-refractivity contribution is 0.710. The van der Waals surface area contributed by atoms with Gasteiger partial charge >= 0.3 is 0 Å². The molecule has 0 bridgehead atoms. The molecule has 0 aromatic rings. The molecule has 50 valence electrons. The van der Waals surface area contributed by atoms with E-state index in [1.165, 1.54) is 19.3 Å². The van der Waals surface area contributed by atoms with Crippen LogP contribution in [0.5, 0.6) is 0 Å². The summed E-state index contributed by atoms with van der Waals surface area (Å²) in [6, 6.07) is 0. The molecule has 0 saturated heterocycles. The molecule has 0 aliphatic carbocycles. The standard InChI is InChI=1S/C5H14NPS/c1-2-3-4-5-6-8-7/h6H,2-5,7H2,1H3. The van der Waals surface area contributed by atoms with Crippen molar-refractivity contribution >= 4 is 20.0 Å². The Labute approximate surface area is 58.1 Å². The third-order valence-electron chi connectivity index (χ3n) is 0.966. The van der Waals surface area contributed by atoms with Crippen molar-refractivity contribution in [3.05, 3.63) is 0 Å². The maximum atomic E-state index is 3.16. The van der Waals surface area contributed by atoms with Crippen LogP contribution in [-0.4, -0.2) is 6.54 Å². The Morgan fingerprint density at radius 2 is 2.25 bits per heavy atom. The molecule has 0 radical (unpaired) electrons. The van der Waals surface area contributed by atoms with Crippen molar-refractivity contribution < 1.29 is 0 Å². The van der Waals surface area contributed by atoms with Gasteiger partial charge in [0.05, 0.1) is 0 Å². The second-order valence-electron chi connectivity index (χ2n) is 1.72. The fourth-order valence-electron chi connectivity index (χ4n) is 0.506. The highest BCUT2D eigenvalue weighted by Gasteiger charge is 1.82. The lowest BCUT2D eigenvalue weighted by Gasteiger charge is -1.96. The largest absolute Gasteiger partial charge is 0.261 e. The highest BCUT2D eigenvalue weighted by atomic mass is 32.7. The Morgan fingerprint density at radius 3 is 2.75 bits per heavy atom. The minimum Gasteiger partial charge on any atom is -0.261 e. The summed E-state index contributed by atoms with van der Waals surface area (Å²) < 4.78 is 3.16. The summed E-state index contributed by atoms with van der Waals surface area (Å²) in [4.78, 5) is 0. The third kappa shape index (κ3) is 6.74. The van der Waals surface area contributed by atoms with Crippen LogP contribution in [-0.2, 0) is 0 Å². The first-order valence-electron chi connectivity index (χ1n) is 3.00.